The van der Waals surface area contributed by atoms with Crippen LogP contribution in [0.3, 0.4) is 0 Å². The van der Waals surface area contributed by atoms with E-state index in [-0.39, 0.29) is 17.0 Å². The number of hydrogen-bond donors (Lipinski definition) is 1. The molecule has 0 radical (unpaired) electrons. The van der Waals surface area contributed by atoms with Crippen LogP contribution in [0, 0.1) is 0 Å². The van der Waals surface area contributed by atoms with E-state index in [1.807, 2.05) is 6.07 Å². The van der Waals surface area contributed by atoms with Crippen LogP contribution in [-0.2, 0) is 23.8 Å². The van der Waals surface area contributed by atoms with Crippen molar-refractivity contribution >= 4 is 44.9 Å². The lowest BCUT2D eigenvalue weighted by atomic mass is 10.1. The Hall–Kier alpha value is -3.11. The lowest BCUT2D eigenvalue weighted by Crippen LogP contribution is -2.23. The van der Waals surface area contributed by atoms with Gasteiger partial charge in [-0.05, 0) is 49.1 Å². The molecular formula is C24H18F3N3O2S2. The maximum atomic E-state index is 13.6. The number of halogens is 3. The number of thiophene rings is 1. The van der Waals surface area contributed by atoms with Crippen molar-refractivity contribution in [2.75, 3.05) is 11.1 Å². The van der Waals surface area contributed by atoms with Gasteiger partial charge in [-0.3, -0.25) is 14.2 Å². The zero-order chi connectivity index (χ0) is 23.9. The van der Waals surface area contributed by atoms with Crippen molar-refractivity contribution in [3.05, 3.63) is 81.0 Å². The van der Waals surface area contributed by atoms with Gasteiger partial charge in [0.05, 0.1) is 28.1 Å². The Morgan fingerprint density at radius 2 is 1.82 bits per heavy atom. The van der Waals surface area contributed by atoms with Crippen LogP contribution in [0.25, 0.3) is 15.9 Å². The van der Waals surface area contributed by atoms with Crippen LogP contribution in [0.15, 0.2) is 64.5 Å². The average Bonchev–Trinajstić information content (AvgIpc) is 3.39. The first-order valence-corrected chi connectivity index (χ1v) is 12.3. The summed E-state index contributed by atoms with van der Waals surface area (Å²) < 4.78 is 41.2. The highest BCUT2D eigenvalue weighted by molar-refractivity contribution is 7.99. The number of benzene rings is 2. The number of para-hydroxylation sites is 2. The molecule has 1 aliphatic rings. The molecule has 0 fully saturated rings. The first kappa shape index (κ1) is 22.7. The number of amides is 1. The standard InChI is InChI=1S/C24H18F3N3O2S2/c25-24(26,27)16-10-4-5-11-17(16)28-19(31)13-33-23-29-21-20(15-9-6-12-18(15)34-21)22(32)30(23)14-7-2-1-3-8-14/h1-5,7-8,10-11H,6,9,12-13H2,(H,28,31). The van der Waals surface area contributed by atoms with Crippen LogP contribution in [-0.4, -0.2) is 21.2 Å². The Morgan fingerprint density at radius 3 is 2.59 bits per heavy atom. The smallest absolute Gasteiger partial charge is 0.325 e. The number of thioether (sulfide) groups is 1. The highest BCUT2D eigenvalue weighted by Crippen LogP contribution is 2.37. The zero-order valence-electron chi connectivity index (χ0n) is 17.7. The van der Waals surface area contributed by atoms with E-state index < -0.39 is 17.6 Å². The molecule has 5 nitrogen and oxygen atoms in total. The van der Waals surface area contributed by atoms with Gasteiger partial charge in [0.15, 0.2) is 5.16 Å². The maximum absolute atomic E-state index is 13.6. The number of aromatic nitrogens is 2. The summed E-state index contributed by atoms with van der Waals surface area (Å²) in [7, 11) is 0. The van der Waals surface area contributed by atoms with E-state index in [1.165, 1.54) is 39.0 Å². The number of rotatable bonds is 5. The van der Waals surface area contributed by atoms with Crippen molar-refractivity contribution in [3.63, 3.8) is 0 Å². The Bertz CT molecular complexity index is 1450. The summed E-state index contributed by atoms with van der Waals surface area (Å²) in [6.45, 7) is 0. The summed E-state index contributed by atoms with van der Waals surface area (Å²) in [6, 6.07) is 13.8. The third-order valence-electron chi connectivity index (χ3n) is 5.56. The predicted octanol–water partition coefficient (Wildman–Crippen LogP) is 5.69. The summed E-state index contributed by atoms with van der Waals surface area (Å²) in [5.41, 5.74) is 0.257. The van der Waals surface area contributed by atoms with Crippen molar-refractivity contribution in [3.8, 4) is 5.69 Å². The Labute approximate surface area is 200 Å². The monoisotopic (exact) mass is 501 g/mol. The number of nitrogens with zero attached hydrogens (tertiary/aromatic N) is 2. The van der Waals surface area contributed by atoms with Gasteiger partial charge in [0.25, 0.3) is 5.56 Å². The fourth-order valence-corrected chi connectivity index (χ4v) is 6.20. The average molecular weight is 502 g/mol. The van der Waals surface area contributed by atoms with Crippen molar-refractivity contribution in [1.82, 2.24) is 9.55 Å². The van der Waals surface area contributed by atoms with Gasteiger partial charge in [-0.15, -0.1) is 11.3 Å². The second-order valence-corrected chi connectivity index (χ2v) is 9.81. The van der Waals surface area contributed by atoms with Crippen molar-refractivity contribution in [2.24, 2.45) is 0 Å². The normalized spacial score (nSPS) is 13.3. The Balaban J connectivity index is 1.48. The summed E-state index contributed by atoms with van der Waals surface area (Å²) >= 11 is 2.51. The van der Waals surface area contributed by atoms with E-state index in [4.69, 9.17) is 4.98 Å². The quantitative estimate of drug-likeness (QED) is 0.282. The molecule has 2 heterocycles. The van der Waals surface area contributed by atoms with Gasteiger partial charge in [-0.2, -0.15) is 13.2 Å². The molecule has 174 valence electrons. The van der Waals surface area contributed by atoms with Crippen molar-refractivity contribution in [2.45, 2.75) is 30.6 Å². The molecule has 0 spiro atoms. The number of alkyl halides is 3. The van der Waals surface area contributed by atoms with Gasteiger partial charge in [0, 0.05) is 4.88 Å². The fraction of sp³-hybridized carbons (Fsp3) is 0.208. The topological polar surface area (TPSA) is 64.0 Å². The molecule has 1 aliphatic carbocycles. The molecule has 2 aromatic carbocycles. The van der Waals surface area contributed by atoms with E-state index in [0.29, 0.717) is 21.1 Å². The SMILES string of the molecule is O=C(CSc1nc2sc3c(c2c(=O)n1-c1ccccc1)CCC3)Nc1ccccc1C(F)(F)F. The highest BCUT2D eigenvalue weighted by atomic mass is 32.2. The second kappa shape index (κ2) is 8.92. The second-order valence-electron chi connectivity index (χ2n) is 7.79. The summed E-state index contributed by atoms with van der Waals surface area (Å²) in [6.07, 6.45) is -1.81. The van der Waals surface area contributed by atoms with E-state index in [2.05, 4.69) is 5.32 Å². The zero-order valence-corrected chi connectivity index (χ0v) is 19.3. The van der Waals surface area contributed by atoms with E-state index in [0.717, 1.165) is 42.7 Å². The molecule has 0 atom stereocenters. The molecule has 0 aliphatic heterocycles. The molecular weight excluding hydrogens is 483 g/mol. The first-order valence-electron chi connectivity index (χ1n) is 10.5. The van der Waals surface area contributed by atoms with Gasteiger partial charge >= 0.3 is 6.18 Å². The van der Waals surface area contributed by atoms with E-state index >= 15 is 0 Å². The molecule has 0 saturated heterocycles. The molecule has 1 amide bonds. The van der Waals surface area contributed by atoms with Crippen LogP contribution >= 0.6 is 23.1 Å². The van der Waals surface area contributed by atoms with Crippen LogP contribution in [0.4, 0.5) is 18.9 Å². The van der Waals surface area contributed by atoms with Crippen molar-refractivity contribution < 1.29 is 18.0 Å². The molecule has 0 bridgehead atoms. The minimum Gasteiger partial charge on any atom is -0.325 e. The number of aryl methyl sites for hydroxylation is 2. The number of hydrogen-bond acceptors (Lipinski definition) is 5. The van der Waals surface area contributed by atoms with Crippen LogP contribution in [0.5, 0.6) is 0 Å². The van der Waals surface area contributed by atoms with Gasteiger partial charge in [-0.25, -0.2) is 4.98 Å². The summed E-state index contributed by atoms with van der Waals surface area (Å²) in [4.78, 5) is 32.6. The van der Waals surface area contributed by atoms with Crippen LogP contribution in [0.2, 0.25) is 0 Å². The fourth-order valence-electron chi connectivity index (χ4n) is 4.08. The van der Waals surface area contributed by atoms with Gasteiger partial charge < -0.3 is 5.32 Å². The number of anilines is 1. The predicted molar refractivity (Wildman–Crippen MR) is 128 cm³/mol. The molecule has 4 aromatic rings. The van der Waals surface area contributed by atoms with Crippen LogP contribution in [0.1, 0.15) is 22.4 Å². The number of fused-ring (bicyclic) bond motifs is 3. The Morgan fingerprint density at radius 1 is 1.09 bits per heavy atom. The van der Waals surface area contributed by atoms with Gasteiger partial charge in [0.1, 0.15) is 4.83 Å². The highest BCUT2D eigenvalue weighted by Gasteiger charge is 2.33. The lowest BCUT2D eigenvalue weighted by molar-refractivity contribution is -0.137. The summed E-state index contributed by atoms with van der Waals surface area (Å²) in [5.74, 6) is -0.827. The number of carbonyl (C=O) groups excluding carboxylic acids is 1. The molecule has 1 N–H and O–H groups in total. The molecule has 0 saturated carbocycles. The number of nitrogens with one attached hydrogen (secondary N) is 1. The molecule has 0 unspecified atom stereocenters. The lowest BCUT2D eigenvalue weighted by Gasteiger charge is -2.14. The molecule has 2 aromatic heterocycles. The Kier molecular flexibility index (Phi) is 5.95. The molecule has 10 heteroatoms. The largest absolute Gasteiger partial charge is 0.418 e. The third kappa shape index (κ3) is 4.23. The first-order chi connectivity index (χ1) is 16.3. The molecule has 34 heavy (non-hydrogen) atoms. The van der Waals surface area contributed by atoms with Gasteiger partial charge in [-0.1, -0.05) is 42.1 Å². The van der Waals surface area contributed by atoms with Crippen molar-refractivity contribution in [1.29, 1.82) is 0 Å². The van der Waals surface area contributed by atoms with E-state index in [9.17, 15) is 22.8 Å². The van der Waals surface area contributed by atoms with Crippen LogP contribution < -0.4 is 10.9 Å². The minimum atomic E-state index is -4.59. The number of carbonyl (C=O) groups is 1. The molecule has 5 rings (SSSR count). The maximum Gasteiger partial charge on any atom is 0.418 e. The third-order valence-corrected chi connectivity index (χ3v) is 7.69. The minimum absolute atomic E-state index is 0.194. The van der Waals surface area contributed by atoms with E-state index in [1.54, 1.807) is 24.3 Å². The summed E-state index contributed by atoms with van der Waals surface area (Å²) in [5, 5.41) is 3.28. The van der Waals surface area contributed by atoms with Gasteiger partial charge in [0.2, 0.25) is 5.91 Å².